The summed E-state index contributed by atoms with van der Waals surface area (Å²) in [5.41, 5.74) is 1.19. The summed E-state index contributed by atoms with van der Waals surface area (Å²) in [6.07, 6.45) is 1.58. The maximum atomic E-state index is 12.4. The van der Waals surface area contributed by atoms with Gasteiger partial charge in [-0.15, -0.1) is 0 Å². The van der Waals surface area contributed by atoms with Crippen molar-refractivity contribution in [2.24, 2.45) is 0 Å². The number of imide groups is 1. The van der Waals surface area contributed by atoms with Crippen LogP contribution in [0.25, 0.3) is 6.08 Å². The molecule has 2 aromatic carbocycles. The van der Waals surface area contributed by atoms with Crippen molar-refractivity contribution >= 4 is 52.2 Å². The Hall–Kier alpha value is -2.77. The molecule has 0 spiro atoms. The third-order valence-electron chi connectivity index (χ3n) is 3.49. The van der Waals surface area contributed by atoms with Crippen LogP contribution in [0.1, 0.15) is 5.56 Å². The van der Waals surface area contributed by atoms with E-state index in [2.05, 4.69) is 5.32 Å². The molecule has 0 aromatic heterocycles. The zero-order chi connectivity index (χ0) is 18.7. The van der Waals surface area contributed by atoms with Crippen LogP contribution in [0.2, 0.25) is 5.02 Å². The first-order chi connectivity index (χ1) is 12.4. The maximum Gasteiger partial charge on any atom is 0.294 e. The number of hydrogen-bond acceptors (Lipinski definition) is 5. The quantitative estimate of drug-likeness (QED) is 0.615. The zero-order valence-corrected chi connectivity index (χ0v) is 14.9. The number of phenolic OH excluding ortho intramolecular Hbond substituents is 1. The Labute approximate surface area is 158 Å². The average Bonchev–Trinajstić information content (AvgIpc) is 2.86. The molecule has 132 valence electrons. The zero-order valence-electron chi connectivity index (χ0n) is 13.3. The number of nitrogens with one attached hydrogen (secondary N) is 1. The molecule has 0 saturated carbocycles. The second kappa shape index (κ2) is 7.63. The van der Waals surface area contributed by atoms with E-state index in [0.717, 1.165) is 22.2 Å². The van der Waals surface area contributed by atoms with Gasteiger partial charge in [0.25, 0.3) is 11.1 Å². The number of carbonyl (C=O) groups is 3. The standard InChI is InChI=1S/C18H13ClN2O4S/c19-12-3-1-11(2-4-12)9-15-17(24)21(18(25)26-15)10-16(23)20-13-5-7-14(22)8-6-13/h1-9,22H,10H2,(H,20,23)/b15-9-. The van der Waals surface area contributed by atoms with Gasteiger partial charge in [-0.1, -0.05) is 23.7 Å². The molecule has 3 rings (SSSR count). The highest BCUT2D eigenvalue weighted by molar-refractivity contribution is 8.18. The lowest BCUT2D eigenvalue weighted by atomic mass is 10.2. The normalized spacial score (nSPS) is 15.6. The fourth-order valence-corrected chi connectivity index (χ4v) is 3.20. The Kier molecular flexibility index (Phi) is 5.29. The molecule has 8 heteroatoms. The third kappa shape index (κ3) is 4.25. The Morgan fingerprint density at radius 2 is 1.77 bits per heavy atom. The number of hydrogen-bond donors (Lipinski definition) is 2. The predicted molar refractivity (Wildman–Crippen MR) is 101 cm³/mol. The van der Waals surface area contributed by atoms with Crippen LogP contribution < -0.4 is 5.32 Å². The van der Waals surface area contributed by atoms with Gasteiger partial charge in [-0.05, 0) is 59.8 Å². The number of nitrogens with zero attached hydrogens (tertiary/aromatic N) is 1. The topological polar surface area (TPSA) is 86.7 Å². The first-order valence-electron chi connectivity index (χ1n) is 7.52. The van der Waals surface area contributed by atoms with Crippen molar-refractivity contribution in [1.29, 1.82) is 0 Å². The van der Waals surface area contributed by atoms with E-state index < -0.39 is 17.1 Å². The van der Waals surface area contributed by atoms with Crippen molar-refractivity contribution in [3.05, 3.63) is 64.0 Å². The summed E-state index contributed by atoms with van der Waals surface area (Å²) < 4.78 is 0. The predicted octanol–water partition coefficient (Wildman–Crippen LogP) is 3.72. The number of anilines is 1. The molecule has 3 amide bonds. The number of thioether (sulfide) groups is 1. The number of halogens is 1. The Morgan fingerprint density at radius 3 is 2.42 bits per heavy atom. The molecule has 0 atom stereocenters. The van der Waals surface area contributed by atoms with Crippen molar-refractivity contribution in [3.63, 3.8) is 0 Å². The highest BCUT2D eigenvalue weighted by atomic mass is 35.5. The van der Waals surface area contributed by atoms with Gasteiger partial charge in [-0.25, -0.2) is 0 Å². The van der Waals surface area contributed by atoms with Crippen LogP contribution in [0, 0.1) is 0 Å². The highest BCUT2D eigenvalue weighted by Gasteiger charge is 2.36. The lowest BCUT2D eigenvalue weighted by molar-refractivity contribution is -0.127. The molecule has 0 unspecified atom stereocenters. The van der Waals surface area contributed by atoms with Crippen LogP contribution in [0.3, 0.4) is 0 Å². The van der Waals surface area contributed by atoms with E-state index >= 15 is 0 Å². The van der Waals surface area contributed by atoms with Crippen LogP contribution >= 0.6 is 23.4 Å². The fraction of sp³-hybridized carbons (Fsp3) is 0.0556. The van der Waals surface area contributed by atoms with E-state index in [4.69, 9.17) is 11.6 Å². The SMILES string of the molecule is O=C(CN1C(=O)S/C(=C\c2ccc(Cl)cc2)C1=O)Nc1ccc(O)cc1. The second-order valence-corrected chi connectivity index (χ2v) is 6.84. The van der Waals surface area contributed by atoms with E-state index in [-0.39, 0.29) is 17.2 Å². The van der Waals surface area contributed by atoms with Crippen LogP contribution in [-0.2, 0) is 9.59 Å². The molecule has 0 radical (unpaired) electrons. The first-order valence-corrected chi connectivity index (χ1v) is 8.71. The summed E-state index contributed by atoms with van der Waals surface area (Å²) in [6, 6.07) is 12.7. The van der Waals surface area contributed by atoms with Gasteiger partial charge in [-0.3, -0.25) is 19.3 Å². The number of benzene rings is 2. The third-order valence-corrected chi connectivity index (χ3v) is 4.65. The smallest absolute Gasteiger partial charge is 0.294 e. The number of aromatic hydroxyl groups is 1. The number of amides is 3. The highest BCUT2D eigenvalue weighted by Crippen LogP contribution is 2.32. The number of carbonyl (C=O) groups excluding carboxylic acids is 3. The molecule has 1 saturated heterocycles. The van der Waals surface area contributed by atoms with Gasteiger partial charge in [-0.2, -0.15) is 0 Å². The molecule has 1 aliphatic heterocycles. The van der Waals surface area contributed by atoms with Gasteiger partial charge < -0.3 is 10.4 Å². The van der Waals surface area contributed by atoms with Crippen LogP contribution in [0.15, 0.2) is 53.4 Å². The first kappa shape index (κ1) is 18.0. The Bertz CT molecular complexity index is 894. The van der Waals surface area contributed by atoms with Crippen molar-refractivity contribution in [2.75, 3.05) is 11.9 Å². The maximum absolute atomic E-state index is 12.4. The van der Waals surface area contributed by atoms with E-state index in [1.54, 1.807) is 30.3 Å². The Morgan fingerprint density at radius 1 is 1.12 bits per heavy atom. The van der Waals surface area contributed by atoms with E-state index in [1.165, 1.54) is 24.3 Å². The summed E-state index contributed by atoms with van der Waals surface area (Å²) in [5, 5.41) is 11.9. The molecular formula is C18H13ClN2O4S. The van der Waals surface area contributed by atoms with Crippen molar-refractivity contribution in [3.8, 4) is 5.75 Å². The lowest BCUT2D eigenvalue weighted by Gasteiger charge is -2.12. The molecule has 0 aliphatic carbocycles. The van der Waals surface area contributed by atoms with Gasteiger partial charge >= 0.3 is 0 Å². The van der Waals surface area contributed by atoms with E-state index in [9.17, 15) is 19.5 Å². The van der Waals surface area contributed by atoms with Gasteiger partial charge in [0.05, 0.1) is 4.91 Å². The van der Waals surface area contributed by atoms with Crippen LogP contribution in [0.4, 0.5) is 10.5 Å². The molecule has 1 heterocycles. The fourth-order valence-electron chi connectivity index (χ4n) is 2.24. The summed E-state index contributed by atoms with van der Waals surface area (Å²) in [5.74, 6) is -0.956. The molecule has 1 aliphatic rings. The molecule has 6 nitrogen and oxygen atoms in total. The van der Waals surface area contributed by atoms with E-state index in [1.807, 2.05) is 0 Å². The summed E-state index contributed by atoms with van der Waals surface area (Å²) in [7, 11) is 0. The second-order valence-electron chi connectivity index (χ2n) is 5.41. The van der Waals surface area contributed by atoms with Gasteiger partial charge in [0.15, 0.2) is 0 Å². The van der Waals surface area contributed by atoms with Crippen molar-refractivity contribution in [2.45, 2.75) is 0 Å². The minimum atomic E-state index is -0.518. The summed E-state index contributed by atoms with van der Waals surface area (Å²) in [4.78, 5) is 37.7. The number of phenols is 1. The average molecular weight is 389 g/mol. The largest absolute Gasteiger partial charge is 0.508 e. The monoisotopic (exact) mass is 388 g/mol. The molecule has 26 heavy (non-hydrogen) atoms. The minimum Gasteiger partial charge on any atom is -0.508 e. The molecular weight excluding hydrogens is 376 g/mol. The number of rotatable bonds is 4. The summed E-state index contributed by atoms with van der Waals surface area (Å²) >= 11 is 6.61. The molecule has 2 N–H and O–H groups in total. The van der Waals surface area contributed by atoms with Gasteiger partial charge in [0, 0.05) is 10.7 Å². The summed E-state index contributed by atoms with van der Waals surface area (Å²) in [6.45, 7) is -0.385. The van der Waals surface area contributed by atoms with Gasteiger partial charge in [0.1, 0.15) is 12.3 Å². The Balaban J connectivity index is 1.67. The van der Waals surface area contributed by atoms with Crippen molar-refractivity contribution in [1.82, 2.24) is 4.90 Å². The van der Waals surface area contributed by atoms with Crippen LogP contribution in [0.5, 0.6) is 5.75 Å². The van der Waals surface area contributed by atoms with Crippen molar-refractivity contribution < 1.29 is 19.5 Å². The lowest BCUT2D eigenvalue weighted by Crippen LogP contribution is -2.36. The van der Waals surface area contributed by atoms with Gasteiger partial charge in [0.2, 0.25) is 5.91 Å². The molecule has 2 aromatic rings. The molecule has 1 fully saturated rings. The van der Waals surface area contributed by atoms with Crippen LogP contribution in [-0.4, -0.2) is 33.6 Å². The minimum absolute atomic E-state index is 0.0706. The van der Waals surface area contributed by atoms with E-state index in [0.29, 0.717) is 10.7 Å². The molecule has 0 bridgehead atoms.